The second-order valence-corrected chi connectivity index (χ2v) is 4.46. The van der Waals surface area contributed by atoms with Crippen LogP contribution in [0.1, 0.15) is 37.1 Å². The van der Waals surface area contributed by atoms with E-state index in [0.29, 0.717) is 0 Å². The minimum atomic E-state index is 0.953. The molecule has 0 saturated heterocycles. The highest BCUT2D eigenvalue weighted by molar-refractivity contribution is 5.39. The van der Waals surface area contributed by atoms with Crippen LogP contribution in [-0.4, -0.2) is 16.5 Å². The molecule has 0 aromatic carbocycles. The predicted molar refractivity (Wildman–Crippen MR) is 62.0 cm³/mol. The van der Waals surface area contributed by atoms with Crippen LogP contribution in [0.25, 0.3) is 0 Å². The maximum absolute atomic E-state index is 4.44. The van der Waals surface area contributed by atoms with E-state index in [2.05, 4.69) is 15.3 Å². The second-order valence-electron chi connectivity index (χ2n) is 4.46. The molecule has 1 aromatic rings. The Morgan fingerprint density at radius 2 is 2.20 bits per heavy atom. The van der Waals surface area contributed by atoms with Crippen molar-refractivity contribution in [2.24, 2.45) is 5.92 Å². The molecule has 0 radical (unpaired) electrons. The standard InChI is InChI=1S/C12H19N3/c1-9-8-14-10(2)12(15-9)13-7-6-11-4-3-5-11/h8,11H,3-7H2,1-2H3,(H,13,15). The first-order valence-corrected chi connectivity index (χ1v) is 5.80. The average Bonchev–Trinajstić information content (AvgIpc) is 2.15. The van der Waals surface area contributed by atoms with Crippen molar-refractivity contribution in [1.82, 2.24) is 9.97 Å². The molecule has 3 heteroatoms. The van der Waals surface area contributed by atoms with E-state index >= 15 is 0 Å². The number of hydrogen-bond acceptors (Lipinski definition) is 3. The van der Waals surface area contributed by atoms with Crippen LogP contribution >= 0.6 is 0 Å². The van der Waals surface area contributed by atoms with Crippen molar-refractivity contribution < 1.29 is 0 Å². The van der Waals surface area contributed by atoms with Crippen molar-refractivity contribution in [2.45, 2.75) is 39.5 Å². The molecule has 0 atom stereocenters. The normalized spacial score (nSPS) is 16.1. The Labute approximate surface area is 91.3 Å². The van der Waals surface area contributed by atoms with Gasteiger partial charge in [-0.05, 0) is 26.2 Å². The fraction of sp³-hybridized carbons (Fsp3) is 0.667. The zero-order valence-corrected chi connectivity index (χ0v) is 9.58. The molecule has 2 rings (SSSR count). The SMILES string of the molecule is Cc1cnc(C)c(NCCC2CCC2)n1. The summed E-state index contributed by atoms with van der Waals surface area (Å²) in [6.07, 6.45) is 7.34. The molecule has 1 aliphatic rings. The fourth-order valence-corrected chi connectivity index (χ4v) is 1.88. The summed E-state index contributed by atoms with van der Waals surface area (Å²) in [5, 5.41) is 3.38. The summed E-state index contributed by atoms with van der Waals surface area (Å²) < 4.78 is 0. The van der Waals surface area contributed by atoms with Gasteiger partial charge < -0.3 is 5.32 Å². The van der Waals surface area contributed by atoms with Crippen LogP contribution in [0.4, 0.5) is 5.82 Å². The predicted octanol–water partition coefficient (Wildman–Crippen LogP) is 2.70. The van der Waals surface area contributed by atoms with Crippen molar-refractivity contribution in [3.8, 4) is 0 Å². The van der Waals surface area contributed by atoms with Gasteiger partial charge in [-0.2, -0.15) is 0 Å². The lowest BCUT2D eigenvalue weighted by molar-refractivity contribution is 0.303. The number of aryl methyl sites for hydroxylation is 2. The lowest BCUT2D eigenvalue weighted by Crippen LogP contribution is -2.16. The maximum atomic E-state index is 4.44. The Morgan fingerprint density at radius 3 is 2.87 bits per heavy atom. The largest absolute Gasteiger partial charge is 0.369 e. The first kappa shape index (κ1) is 10.4. The molecule has 3 nitrogen and oxygen atoms in total. The van der Waals surface area contributed by atoms with Gasteiger partial charge in [0.2, 0.25) is 0 Å². The van der Waals surface area contributed by atoms with E-state index in [4.69, 9.17) is 0 Å². The third-order valence-electron chi connectivity index (χ3n) is 3.15. The lowest BCUT2D eigenvalue weighted by atomic mass is 9.83. The topological polar surface area (TPSA) is 37.8 Å². The summed E-state index contributed by atoms with van der Waals surface area (Å²) in [6.45, 7) is 5.01. The van der Waals surface area contributed by atoms with Gasteiger partial charge in [-0.1, -0.05) is 19.3 Å². The van der Waals surface area contributed by atoms with Crippen LogP contribution in [0.2, 0.25) is 0 Å². The van der Waals surface area contributed by atoms with Crippen molar-refractivity contribution in [1.29, 1.82) is 0 Å². The number of aromatic nitrogens is 2. The Kier molecular flexibility index (Phi) is 3.19. The Morgan fingerprint density at radius 1 is 1.40 bits per heavy atom. The molecule has 0 spiro atoms. The fourth-order valence-electron chi connectivity index (χ4n) is 1.88. The number of nitrogens with zero attached hydrogens (tertiary/aromatic N) is 2. The highest BCUT2D eigenvalue weighted by Crippen LogP contribution is 2.29. The maximum Gasteiger partial charge on any atom is 0.147 e. The molecule has 1 fully saturated rings. The smallest absolute Gasteiger partial charge is 0.147 e. The van der Waals surface area contributed by atoms with Gasteiger partial charge in [0.1, 0.15) is 5.82 Å². The van der Waals surface area contributed by atoms with E-state index in [0.717, 1.165) is 29.7 Å². The first-order valence-electron chi connectivity index (χ1n) is 5.80. The third kappa shape index (κ3) is 2.67. The monoisotopic (exact) mass is 205 g/mol. The number of hydrogen-bond donors (Lipinski definition) is 1. The number of anilines is 1. The molecule has 0 aliphatic heterocycles. The van der Waals surface area contributed by atoms with E-state index in [9.17, 15) is 0 Å². The van der Waals surface area contributed by atoms with Crippen molar-refractivity contribution >= 4 is 5.82 Å². The van der Waals surface area contributed by atoms with Crippen molar-refractivity contribution in [2.75, 3.05) is 11.9 Å². The highest BCUT2D eigenvalue weighted by atomic mass is 15.0. The van der Waals surface area contributed by atoms with E-state index in [1.165, 1.54) is 25.7 Å². The van der Waals surface area contributed by atoms with Gasteiger partial charge in [-0.25, -0.2) is 4.98 Å². The number of nitrogens with one attached hydrogen (secondary N) is 1. The molecule has 0 bridgehead atoms. The minimum absolute atomic E-state index is 0.953. The highest BCUT2D eigenvalue weighted by Gasteiger charge is 2.16. The van der Waals surface area contributed by atoms with Crippen LogP contribution in [0, 0.1) is 19.8 Å². The quantitative estimate of drug-likeness (QED) is 0.821. The molecule has 15 heavy (non-hydrogen) atoms. The van der Waals surface area contributed by atoms with Gasteiger partial charge in [-0.15, -0.1) is 0 Å². The summed E-state index contributed by atoms with van der Waals surface area (Å²) in [6, 6.07) is 0. The zero-order chi connectivity index (χ0) is 10.7. The molecular formula is C12H19N3. The summed E-state index contributed by atoms with van der Waals surface area (Å²) >= 11 is 0. The summed E-state index contributed by atoms with van der Waals surface area (Å²) in [5.41, 5.74) is 1.97. The van der Waals surface area contributed by atoms with Gasteiger partial charge in [0.15, 0.2) is 0 Å². The van der Waals surface area contributed by atoms with Gasteiger partial charge in [0.05, 0.1) is 11.4 Å². The van der Waals surface area contributed by atoms with E-state index in [1.54, 1.807) is 0 Å². The molecule has 1 heterocycles. The van der Waals surface area contributed by atoms with E-state index in [1.807, 2.05) is 20.0 Å². The minimum Gasteiger partial charge on any atom is -0.369 e. The van der Waals surface area contributed by atoms with Gasteiger partial charge >= 0.3 is 0 Å². The molecule has 0 amide bonds. The van der Waals surface area contributed by atoms with Crippen LogP contribution < -0.4 is 5.32 Å². The lowest BCUT2D eigenvalue weighted by Gasteiger charge is -2.25. The Balaban J connectivity index is 1.83. The molecule has 82 valence electrons. The second kappa shape index (κ2) is 4.60. The van der Waals surface area contributed by atoms with Gasteiger partial charge in [0.25, 0.3) is 0 Å². The average molecular weight is 205 g/mol. The van der Waals surface area contributed by atoms with Crippen LogP contribution in [-0.2, 0) is 0 Å². The summed E-state index contributed by atoms with van der Waals surface area (Å²) in [4.78, 5) is 8.73. The molecular weight excluding hydrogens is 186 g/mol. The summed E-state index contributed by atoms with van der Waals surface area (Å²) in [5.74, 6) is 1.91. The summed E-state index contributed by atoms with van der Waals surface area (Å²) in [7, 11) is 0. The molecule has 1 aromatic heterocycles. The van der Waals surface area contributed by atoms with Crippen LogP contribution in [0.5, 0.6) is 0 Å². The third-order valence-corrected chi connectivity index (χ3v) is 3.15. The van der Waals surface area contributed by atoms with E-state index < -0.39 is 0 Å². The van der Waals surface area contributed by atoms with Crippen molar-refractivity contribution in [3.63, 3.8) is 0 Å². The number of rotatable bonds is 4. The van der Waals surface area contributed by atoms with Gasteiger partial charge in [-0.3, -0.25) is 4.98 Å². The van der Waals surface area contributed by atoms with Crippen LogP contribution in [0.15, 0.2) is 6.20 Å². The molecule has 1 N–H and O–H groups in total. The van der Waals surface area contributed by atoms with Gasteiger partial charge in [0, 0.05) is 12.7 Å². The zero-order valence-electron chi connectivity index (χ0n) is 9.58. The van der Waals surface area contributed by atoms with Crippen molar-refractivity contribution in [3.05, 3.63) is 17.6 Å². The van der Waals surface area contributed by atoms with Crippen LogP contribution in [0.3, 0.4) is 0 Å². The Bertz CT molecular complexity index is 332. The Hall–Kier alpha value is -1.12. The first-order chi connectivity index (χ1) is 7.25. The molecule has 1 aliphatic carbocycles. The molecule has 1 saturated carbocycles. The van der Waals surface area contributed by atoms with E-state index in [-0.39, 0.29) is 0 Å². The molecule has 0 unspecified atom stereocenters.